The summed E-state index contributed by atoms with van der Waals surface area (Å²) < 4.78 is 59.6. The molecule has 11 heteroatoms. The summed E-state index contributed by atoms with van der Waals surface area (Å²) in [5.74, 6) is 0.878. The van der Waals surface area contributed by atoms with Gasteiger partial charge in [0.1, 0.15) is 10.6 Å². The Labute approximate surface area is 283 Å². The van der Waals surface area contributed by atoms with Gasteiger partial charge < -0.3 is 14.0 Å². The second kappa shape index (κ2) is 14.2. The minimum atomic E-state index is -3.99. The summed E-state index contributed by atoms with van der Waals surface area (Å²) in [7, 11) is -7.60. The van der Waals surface area contributed by atoms with Gasteiger partial charge in [0.05, 0.1) is 4.90 Å². The second-order valence-electron chi connectivity index (χ2n) is 12.8. The zero-order valence-corrected chi connectivity index (χ0v) is 28.8. The molecule has 0 bridgehead atoms. The van der Waals surface area contributed by atoms with Crippen molar-refractivity contribution in [2.75, 3.05) is 39.3 Å². The Morgan fingerprint density at radius 3 is 1.85 bits per heavy atom. The van der Waals surface area contributed by atoms with Gasteiger partial charge in [0.2, 0.25) is 10.0 Å². The maximum atomic E-state index is 13.7. The van der Waals surface area contributed by atoms with E-state index in [1.807, 2.05) is 36.9 Å². The molecule has 0 aromatic heterocycles. The smallest absolute Gasteiger partial charge is 0.339 e. The largest absolute Gasteiger partial charge is 0.379 e. The van der Waals surface area contributed by atoms with Gasteiger partial charge in [0.25, 0.3) is 5.91 Å². The molecule has 0 saturated carbocycles. The molecule has 9 nitrogen and oxygen atoms in total. The number of carbonyl (C=O) groups excluding carboxylic acids is 1. The first-order valence-electron chi connectivity index (χ1n) is 16.2. The van der Waals surface area contributed by atoms with Crippen LogP contribution in [-0.4, -0.2) is 71.8 Å². The van der Waals surface area contributed by atoms with Gasteiger partial charge in [-0.1, -0.05) is 66.7 Å². The molecule has 252 valence electrons. The van der Waals surface area contributed by atoms with Gasteiger partial charge in [0.15, 0.2) is 0 Å². The fourth-order valence-corrected chi connectivity index (χ4v) is 9.05. The molecule has 2 saturated heterocycles. The number of benzene rings is 4. The van der Waals surface area contributed by atoms with Crippen molar-refractivity contribution in [2.24, 2.45) is 11.8 Å². The van der Waals surface area contributed by atoms with Crippen LogP contribution in [-0.2, 0) is 20.1 Å². The number of aryl methyl sites for hydroxylation is 2. The zero-order valence-electron chi connectivity index (χ0n) is 27.2. The molecular weight excluding hydrogens is 647 g/mol. The molecule has 0 radical (unpaired) electrons. The van der Waals surface area contributed by atoms with Crippen LogP contribution in [0, 0.1) is 25.7 Å². The van der Waals surface area contributed by atoms with Crippen LogP contribution in [0.2, 0.25) is 0 Å². The molecule has 1 amide bonds. The molecule has 3 atom stereocenters. The van der Waals surface area contributed by atoms with Crippen LogP contribution < -0.4 is 8.91 Å². The quantitative estimate of drug-likeness (QED) is 0.203. The first kappa shape index (κ1) is 33.9. The number of hydrogen-bond donors (Lipinski definition) is 1. The van der Waals surface area contributed by atoms with Crippen LogP contribution in [0.15, 0.2) is 113 Å². The van der Waals surface area contributed by atoms with E-state index >= 15 is 0 Å². The Balaban J connectivity index is 1.05. The average molecular weight is 688 g/mol. The van der Waals surface area contributed by atoms with E-state index in [-0.39, 0.29) is 27.4 Å². The van der Waals surface area contributed by atoms with E-state index in [1.54, 1.807) is 60.7 Å². The van der Waals surface area contributed by atoms with Crippen molar-refractivity contribution in [3.05, 3.63) is 125 Å². The van der Waals surface area contributed by atoms with E-state index in [0.717, 1.165) is 31.6 Å². The summed E-state index contributed by atoms with van der Waals surface area (Å²) >= 11 is 0. The second-order valence-corrected chi connectivity index (χ2v) is 16.1. The van der Waals surface area contributed by atoms with Crippen LogP contribution >= 0.6 is 0 Å². The monoisotopic (exact) mass is 687 g/mol. The first-order valence-corrected chi connectivity index (χ1v) is 19.1. The molecule has 1 N–H and O–H groups in total. The number of nitrogens with zero attached hydrogens (tertiary/aromatic N) is 2. The van der Waals surface area contributed by atoms with Gasteiger partial charge in [-0.15, -0.1) is 0 Å². The minimum absolute atomic E-state index is 0.0174. The topological polar surface area (TPSA) is 113 Å². The lowest BCUT2D eigenvalue weighted by Crippen LogP contribution is -2.35. The third kappa shape index (κ3) is 7.65. The van der Waals surface area contributed by atoms with Gasteiger partial charge in [-0.05, 0) is 97.7 Å². The standard InChI is InChI=1S/C37H41N3O6S2/c1-27-20-33(46-48(44,45)35-16-10-5-11-17-35)21-28(2)36(27)37(41)40-25-31-23-39(24-32(31)26-40)19-18-30(29-12-6-3-7-13-29)22-38-47(42,43)34-14-8-4-9-15-34/h3-17,20-21,30-32,38H,18-19,22-26H2,1-2H3/t30?,31-,32+. The van der Waals surface area contributed by atoms with Gasteiger partial charge in [0, 0.05) is 38.3 Å². The molecular formula is C37H41N3O6S2. The average Bonchev–Trinajstić information content (AvgIpc) is 3.65. The van der Waals surface area contributed by atoms with Crippen molar-refractivity contribution in [2.45, 2.75) is 36.0 Å². The SMILES string of the molecule is Cc1cc(OS(=O)(=O)c2ccccc2)cc(C)c1C(=O)N1C[C@H]2CN(CCC(CNS(=O)(=O)c3ccccc3)c3ccccc3)C[C@H]2C1. The molecule has 6 rings (SSSR count). The number of sulfonamides is 1. The Bertz CT molecular complexity index is 1920. The van der Waals surface area contributed by atoms with Crippen LogP contribution in [0.4, 0.5) is 0 Å². The summed E-state index contributed by atoms with van der Waals surface area (Å²) in [6, 6.07) is 29.7. The summed E-state index contributed by atoms with van der Waals surface area (Å²) in [5.41, 5.74) is 3.03. The fraction of sp³-hybridized carbons (Fsp3) is 0.324. The summed E-state index contributed by atoms with van der Waals surface area (Å²) in [6.07, 6.45) is 0.802. The lowest BCUT2D eigenvalue weighted by atomic mass is 9.96. The van der Waals surface area contributed by atoms with Gasteiger partial charge in [-0.25, -0.2) is 13.1 Å². The van der Waals surface area contributed by atoms with E-state index in [2.05, 4.69) is 21.8 Å². The molecule has 4 aromatic rings. The van der Waals surface area contributed by atoms with Crippen molar-refractivity contribution in [1.29, 1.82) is 0 Å². The lowest BCUT2D eigenvalue weighted by Gasteiger charge is -2.25. The predicted octanol–water partition coefficient (Wildman–Crippen LogP) is 5.23. The zero-order chi connectivity index (χ0) is 33.9. The van der Waals surface area contributed by atoms with Gasteiger partial charge in [-0.3, -0.25) is 4.79 Å². The minimum Gasteiger partial charge on any atom is -0.379 e. The summed E-state index contributed by atoms with van der Waals surface area (Å²) in [4.78, 5) is 18.4. The summed E-state index contributed by atoms with van der Waals surface area (Å²) in [5, 5.41) is 0. The number of hydrogen-bond acceptors (Lipinski definition) is 7. The highest BCUT2D eigenvalue weighted by Crippen LogP contribution is 2.34. The summed E-state index contributed by atoms with van der Waals surface area (Å²) in [6.45, 7) is 7.86. The molecule has 48 heavy (non-hydrogen) atoms. The normalized spacial score (nSPS) is 18.8. The number of fused-ring (bicyclic) bond motifs is 1. The molecule has 2 aliphatic rings. The third-order valence-corrected chi connectivity index (χ3v) is 12.1. The van der Waals surface area contributed by atoms with Gasteiger partial charge in [-0.2, -0.15) is 8.42 Å². The number of nitrogens with one attached hydrogen (secondary N) is 1. The highest BCUT2D eigenvalue weighted by molar-refractivity contribution is 7.89. The number of likely N-dealkylation sites (tertiary alicyclic amines) is 2. The Hall–Kier alpha value is -4.03. The molecule has 1 unspecified atom stereocenters. The van der Waals surface area contributed by atoms with Crippen molar-refractivity contribution in [1.82, 2.24) is 14.5 Å². The van der Waals surface area contributed by atoms with Crippen LogP contribution in [0.1, 0.15) is 39.4 Å². The highest BCUT2D eigenvalue weighted by Gasteiger charge is 2.42. The molecule has 2 aliphatic heterocycles. The third-order valence-electron chi connectivity index (χ3n) is 9.44. The highest BCUT2D eigenvalue weighted by atomic mass is 32.2. The Morgan fingerprint density at radius 1 is 0.771 bits per heavy atom. The molecule has 4 aromatic carbocycles. The van der Waals surface area contributed by atoms with E-state index in [4.69, 9.17) is 4.18 Å². The Kier molecular flexibility index (Phi) is 10.0. The van der Waals surface area contributed by atoms with E-state index in [0.29, 0.717) is 48.2 Å². The maximum Gasteiger partial charge on any atom is 0.339 e. The Morgan fingerprint density at radius 2 is 1.29 bits per heavy atom. The lowest BCUT2D eigenvalue weighted by molar-refractivity contribution is 0.0772. The predicted molar refractivity (Wildman–Crippen MR) is 185 cm³/mol. The van der Waals surface area contributed by atoms with Crippen LogP contribution in [0.5, 0.6) is 5.75 Å². The molecule has 2 heterocycles. The molecule has 0 aliphatic carbocycles. The first-order chi connectivity index (χ1) is 23.0. The number of rotatable bonds is 12. The van der Waals surface area contributed by atoms with E-state index < -0.39 is 20.1 Å². The molecule has 0 spiro atoms. The van der Waals surface area contributed by atoms with Crippen molar-refractivity contribution in [3.63, 3.8) is 0 Å². The van der Waals surface area contributed by atoms with Gasteiger partial charge >= 0.3 is 10.1 Å². The fourth-order valence-electron chi connectivity index (χ4n) is 7.01. The van der Waals surface area contributed by atoms with Crippen molar-refractivity contribution >= 4 is 26.0 Å². The number of carbonyl (C=O) groups is 1. The number of amides is 1. The van der Waals surface area contributed by atoms with Crippen molar-refractivity contribution in [3.8, 4) is 5.75 Å². The van der Waals surface area contributed by atoms with Crippen LogP contribution in [0.3, 0.4) is 0 Å². The maximum absolute atomic E-state index is 13.7. The molecule has 2 fully saturated rings. The van der Waals surface area contributed by atoms with E-state index in [9.17, 15) is 21.6 Å². The van der Waals surface area contributed by atoms with Crippen molar-refractivity contribution < 1.29 is 25.8 Å². The van der Waals surface area contributed by atoms with E-state index in [1.165, 1.54) is 12.1 Å². The van der Waals surface area contributed by atoms with Crippen LogP contribution in [0.25, 0.3) is 0 Å².